The van der Waals surface area contributed by atoms with E-state index in [2.05, 4.69) is 0 Å². The highest BCUT2D eigenvalue weighted by Crippen LogP contribution is 2.37. The minimum atomic E-state index is -2.41. The first-order chi connectivity index (χ1) is 11.9. The summed E-state index contributed by atoms with van der Waals surface area (Å²) in [4.78, 5) is 24.5. The number of nitrogens with zero attached hydrogens (tertiary/aromatic N) is 1. The molecular formula is C18H14ClF2NO3. The Labute approximate surface area is 148 Å². The molecule has 1 heterocycles. The molecule has 3 rings (SSSR count). The average Bonchev–Trinajstić information content (AvgIpc) is 2.94. The van der Waals surface area contributed by atoms with E-state index < -0.39 is 23.5 Å². The second-order valence-electron chi connectivity index (χ2n) is 5.73. The standard InChI is InChI=1S/C18H14ClF2NO3/c19-13-3-7-15(8-4-13)22-11-25-18(21,17(22)16(24)10-23)9-12-1-5-14(20)6-2-12/h1-8,10,17H,9,11H2. The van der Waals surface area contributed by atoms with Crippen molar-refractivity contribution in [1.29, 1.82) is 0 Å². The number of aldehydes is 1. The Kier molecular flexibility index (Phi) is 4.83. The smallest absolute Gasteiger partial charge is 0.243 e. The summed E-state index contributed by atoms with van der Waals surface area (Å²) in [6, 6.07) is 10.2. The molecule has 2 unspecified atom stereocenters. The van der Waals surface area contributed by atoms with Gasteiger partial charge in [-0.1, -0.05) is 23.7 Å². The molecule has 0 N–H and O–H groups in total. The van der Waals surface area contributed by atoms with Crippen LogP contribution in [0.5, 0.6) is 0 Å². The van der Waals surface area contributed by atoms with Gasteiger partial charge in [-0.2, -0.15) is 0 Å². The molecule has 1 aliphatic rings. The highest BCUT2D eigenvalue weighted by Gasteiger charge is 2.53. The number of carbonyl (C=O) groups excluding carboxylic acids is 2. The molecule has 2 aromatic carbocycles. The van der Waals surface area contributed by atoms with Gasteiger partial charge in [-0.05, 0) is 42.0 Å². The van der Waals surface area contributed by atoms with Gasteiger partial charge < -0.3 is 9.64 Å². The molecule has 1 saturated heterocycles. The summed E-state index contributed by atoms with van der Waals surface area (Å²) >= 11 is 5.84. The first-order valence-electron chi connectivity index (χ1n) is 7.51. The maximum Gasteiger partial charge on any atom is 0.243 e. The highest BCUT2D eigenvalue weighted by molar-refractivity contribution is 6.30. The minimum absolute atomic E-state index is 0.0846. The van der Waals surface area contributed by atoms with Gasteiger partial charge in [0.1, 0.15) is 12.5 Å². The van der Waals surface area contributed by atoms with Crippen LogP contribution in [0, 0.1) is 5.82 Å². The molecule has 1 aliphatic heterocycles. The summed E-state index contributed by atoms with van der Waals surface area (Å²) in [5.41, 5.74) is 0.953. The molecule has 0 aliphatic carbocycles. The van der Waals surface area contributed by atoms with Crippen molar-refractivity contribution >= 4 is 29.4 Å². The fourth-order valence-electron chi connectivity index (χ4n) is 2.88. The minimum Gasteiger partial charge on any atom is -0.332 e. The Morgan fingerprint density at radius 2 is 1.88 bits per heavy atom. The van der Waals surface area contributed by atoms with Gasteiger partial charge in [0.05, 0.1) is 0 Å². The van der Waals surface area contributed by atoms with Crippen LogP contribution in [0.2, 0.25) is 5.02 Å². The number of alkyl halides is 1. The van der Waals surface area contributed by atoms with E-state index in [1.807, 2.05) is 0 Å². The molecule has 0 bridgehead atoms. The number of hydrogen-bond donors (Lipinski definition) is 0. The van der Waals surface area contributed by atoms with Crippen molar-refractivity contribution in [2.24, 2.45) is 0 Å². The van der Waals surface area contributed by atoms with E-state index >= 15 is 4.39 Å². The van der Waals surface area contributed by atoms with Crippen LogP contribution >= 0.6 is 11.6 Å². The molecule has 4 nitrogen and oxygen atoms in total. The number of hydrogen-bond acceptors (Lipinski definition) is 4. The maximum atomic E-state index is 15.5. The Hall–Kier alpha value is -2.31. The third kappa shape index (κ3) is 3.55. The molecule has 2 atom stereocenters. The van der Waals surface area contributed by atoms with Gasteiger partial charge in [0, 0.05) is 17.1 Å². The third-order valence-corrected chi connectivity index (χ3v) is 4.32. The van der Waals surface area contributed by atoms with Crippen molar-refractivity contribution in [3.05, 3.63) is 64.9 Å². The average molecular weight is 366 g/mol. The van der Waals surface area contributed by atoms with Gasteiger partial charge in [0.25, 0.3) is 0 Å². The van der Waals surface area contributed by atoms with Crippen LogP contribution in [0.4, 0.5) is 14.5 Å². The lowest BCUT2D eigenvalue weighted by Crippen LogP contribution is -2.50. The van der Waals surface area contributed by atoms with Crippen molar-refractivity contribution in [1.82, 2.24) is 0 Å². The number of ether oxygens (including phenoxy) is 1. The molecule has 0 amide bonds. The molecule has 0 spiro atoms. The summed E-state index contributed by atoms with van der Waals surface area (Å²) in [5, 5.41) is 0.486. The quantitative estimate of drug-likeness (QED) is 0.602. The zero-order valence-corrected chi connectivity index (χ0v) is 13.7. The van der Waals surface area contributed by atoms with E-state index in [0.717, 1.165) is 0 Å². The molecule has 7 heteroatoms. The van der Waals surface area contributed by atoms with Gasteiger partial charge in [-0.25, -0.2) is 8.78 Å². The van der Waals surface area contributed by atoms with Crippen molar-refractivity contribution < 1.29 is 23.1 Å². The zero-order valence-electron chi connectivity index (χ0n) is 13.0. The fourth-order valence-corrected chi connectivity index (χ4v) is 3.00. The van der Waals surface area contributed by atoms with E-state index in [-0.39, 0.29) is 19.4 Å². The summed E-state index contributed by atoms with van der Waals surface area (Å²) in [6.45, 7) is -0.205. The van der Waals surface area contributed by atoms with Crippen molar-refractivity contribution in [3.63, 3.8) is 0 Å². The molecule has 25 heavy (non-hydrogen) atoms. The Bertz CT molecular complexity index is 782. The van der Waals surface area contributed by atoms with Crippen LogP contribution in [-0.4, -0.2) is 30.7 Å². The molecule has 0 saturated carbocycles. The topological polar surface area (TPSA) is 46.6 Å². The number of halogens is 3. The zero-order chi connectivity index (χ0) is 18.0. The number of carbonyl (C=O) groups is 2. The van der Waals surface area contributed by atoms with Crippen LogP contribution in [0.1, 0.15) is 5.56 Å². The molecular weight excluding hydrogens is 352 g/mol. The van der Waals surface area contributed by atoms with Crippen molar-refractivity contribution in [3.8, 4) is 0 Å². The summed E-state index contributed by atoms with van der Waals surface area (Å²) < 4.78 is 33.7. The van der Waals surface area contributed by atoms with Crippen LogP contribution < -0.4 is 4.90 Å². The lowest BCUT2D eigenvalue weighted by Gasteiger charge is -2.28. The highest BCUT2D eigenvalue weighted by atomic mass is 35.5. The predicted octanol–water partition coefficient (Wildman–Crippen LogP) is 3.32. The van der Waals surface area contributed by atoms with Crippen LogP contribution in [0.3, 0.4) is 0 Å². The van der Waals surface area contributed by atoms with Gasteiger partial charge in [-0.15, -0.1) is 0 Å². The molecule has 0 radical (unpaired) electrons. The van der Waals surface area contributed by atoms with Crippen LogP contribution in [0.15, 0.2) is 48.5 Å². The SMILES string of the molecule is O=CC(=O)C1N(c2ccc(Cl)cc2)COC1(F)Cc1ccc(F)cc1. The van der Waals surface area contributed by atoms with Gasteiger partial charge in [-0.3, -0.25) is 9.59 Å². The molecule has 0 aromatic heterocycles. The summed E-state index contributed by atoms with van der Waals surface area (Å²) in [7, 11) is 0. The lowest BCUT2D eigenvalue weighted by atomic mass is 9.96. The largest absolute Gasteiger partial charge is 0.332 e. The van der Waals surface area contributed by atoms with E-state index in [4.69, 9.17) is 16.3 Å². The molecule has 2 aromatic rings. The fraction of sp³-hybridized carbons (Fsp3) is 0.222. The molecule has 1 fully saturated rings. The Balaban J connectivity index is 1.92. The van der Waals surface area contributed by atoms with Gasteiger partial charge in [0.2, 0.25) is 11.6 Å². The first kappa shape index (κ1) is 17.5. The van der Waals surface area contributed by atoms with E-state index in [0.29, 0.717) is 16.3 Å². The number of anilines is 1. The van der Waals surface area contributed by atoms with Crippen LogP contribution in [0.25, 0.3) is 0 Å². The predicted molar refractivity (Wildman–Crippen MR) is 88.7 cm³/mol. The van der Waals surface area contributed by atoms with E-state index in [9.17, 15) is 14.0 Å². The first-order valence-corrected chi connectivity index (χ1v) is 7.89. The lowest BCUT2D eigenvalue weighted by molar-refractivity contribution is -0.144. The number of ketones is 1. The van der Waals surface area contributed by atoms with Crippen molar-refractivity contribution in [2.45, 2.75) is 18.3 Å². The second kappa shape index (κ2) is 6.90. The summed E-state index contributed by atoms with van der Waals surface area (Å²) in [6.07, 6.45) is -0.205. The second-order valence-corrected chi connectivity index (χ2v) is 6.17. The van der Waals surface area contributed by atoms with E-state index in [1.165, 1.54) is 29.2 Å². The maximum absolute atomic E-state index is 15.5. The monoisotopic (exact) mass is 365 g/mol. The number of Topliss-reactive ketones (excluding diaryl/α,β-unsaturated/α-hetero) is 1. The molecule has 130 valence electrons. The Morgan fingerprint density at radius 3 is 2.48 bits per heavy atom. The number of rotatable bonds is 5. The van der Waals surface area contributed by atoms with Crippen LogP contribution in [-0.2, 0) is 20.7 Å². The van der Waals surface area contributed by atoms with E-state index in [1.54, 1.807) is 24.3 Å². The van der Waals surface area contributed by atoms with Gasteiger partial charge >= 0.3 is 0 Å². The van der Waals surface area contributed by atoms with Gasteiger partial charge in [0.15, 0.2) is 12.3 Å². The normalized spacial score (nSPS) is 22.8. The third-order valence-electron chi connectivity index (χ3n) is 4.07. The Morgan fingerprint density at radius 1 is 1.24 bits per heavy atom. The van der Waals surface area contributed by atoms with Crippen molar-refractivity contribution in [2.75, 3.05) is 11.6 Å². The number of benzene rings is 2. The summed E-state index contributed by atoms with van der Waals surface area (Å²) in [5.74, 6) is -3.79.